The van der Waals surface area contributed by atoms with Crippen molar-refractivity contribution in [2.45, 2.75) is 24.5 Å². The molecule has 1 aromatic heterocycles. The molecule has 6 nitrogen and oxygen atoms in total. The van der Waals surface area contributed by atoms with Crippen molar-refractivity contribution in [2.75, 3.05) is 11.6 Å². The van der Waals surface area contributed by atoms with E-state index in [1.165, 1.54) is 60.0 Å². The molecule has 0 saturated carbocycles. The fourth-order valence-corrected chi connectivity index (χ4v) is 4.32. The van der Waals surface area contributed by atoms with E-state index in [0.717, 1.165) is 18.4 Å². The SMILES string of the molecule is CC(=O)c1cc2c(cc1F)nc(Nc1ccc(S(C)(=O)=O)cc1)n2Cc1ccccc1C(F)(F)F. The van der Waals surface area contributed by atoms with Crippen LogP contribution in [-0.2, 0) is 22.6 Å². The Kier molecular flexibility index (Phi) is 6.14. The van der Waals surface area contributed by atoms with Crippen LogP contribution in [0.2, 0.25) is 0 Å². The molecule has 35 heavy (non-hydrogen) atoms. The van der Waals surface area contributed by atoms with Crippen molar-refractivity contribution in [1.29, 1.82) is 0 Å². The first kappa shape index (κ1) is 24.4. The molecule has 1 N–H and O–H groups in total. The Bertz CT molecular complexity index is 1540. The van der Waals surface area contributed by atoms with Crippen LogP contribution in [0.15, 0.2) is 65.6 Å². The van der Waals surface area contributed by atoms with Gasteiger partial charge in [-0.15, -0.1) is 0 Å². The summed E-state index contributed by atoms with van der Waals surface area (Å²) in [6.45, 7) is 0.908. The monoisotopic (exact) mass is 505 g/mol. The summed E-state index contributed by atoms with van der Waals surface area (Å²) < 4.78 is 80.1. The number of sulfone groups is 1. The minimum Gasteiger partial charge on any atom is -0.326 e. The summed E-state index contributed by atoms with van der Waals surface area (Å²) in [6.07, 6.45) is -3.53. The van der Waals surface area contributed by atoms with Crippen molar-refractivity contribution in [2.24, 2.45) is 0 Å². The number of nitrogens with zero attached hydrogens (tertiary/aromatic N) is 2. The number of alkyl halides is 3. The van der Waals surface area contributed by atoms with E-state index in [1.54, 1.807) is 0 Å². The molecule has 1 heterocycles. The maximum Gasteiger partial charge on any atom is 0.416 e. The molecule has 0 unspecified atom stereocenters. The highest BCUT2D eigenvalue weighted by Crippen LogP contribution is 2.34. The number of benzene rings is 3. The molecule has 0 spiro atoms. The minimum absolute atomic E-state index is 0.0523. The van der Waals surface area contributed by atoms with Gasteiger partial charge < -0.3 is 9.88 Å². The van der Waals surface area contributed by atoms with Gasteiger partial charge in [-0.05, 0) is 48.9 Å². The Morgan fingerprint density at radius 2 is 1.71 bits per heavy atom. The van der Waals surface area contributed by atoms with Gasteiger partial charge in [0.2, 0.25) is 5.95 Å². The third-order valence-electron chi connectivity index (χ3n) is 5.41. The zero-order chi connectivity index (χ0) is 25.5. The number of carbonyl (C=O) groups excluding carboxylic acids is 1. The van der Waals surface area contributed by atoms with Crippen molar-refractivity contribution in [3.05, 3.63) is 83.2 Å². The lowest BCUT2D eigenvalue weighted by molar-refractivity contribution is -0.138. The van der Waals surface area contributed by atoms with Crippen molar-refractivity contribution in [1.82, 2.24) is 9.55 Å². The summed E-state index contributed by atoms with van der Waals surface area (Å²) in [6, 6.07) is 13.1. The lowest BCUT2D eigenvalue weighted by Crippen LogP contribution is -2.13. The van der Waals surface area contributed by atoms with Crippen molar-refractivity contribution < 1.29 is 30.8 Å². The fraction of sp³-hybridized carbons (Fsp3) is 0.167. The molecule has 0 atom stereocenters. The molecule has 0 aliphatic carbocycles. The van der Waals surface area contributed by atoms with Gasteiger partial charge in [-0.2, -0.15) is 13.2 Å². The Balaban J connectivity index is 1.86. The first-order valence-corrected chi connectivity index (χ1v) is 12.2. The topological polar surface area (TPSA) is 81.1 Å². The number of rotatable bonds is 6. The van der Waals surface area contributed by atoms with E-state index >= 15 is 0 Å². The van der Waals surface area contributed by atoms with E-state index in [9.17, 15) is 30.8 Å². The fourth-order valence-electron chi connectivity index (χ4n) is 3.69. The van der Waals surface area contributed by atoms with Crippen LogP contribution < -0.4 is 5.32 Å². The predicted molar refractivity (Wildman–Crippen MR) is 123 cm³/mol. The molecule has 0 saturated heterocycles. The molecule has 0 bridgehead atoms. The van der Waals surface area contributed by atoms with Gasteiger partial charge in [0.05, 0.1) is 33.6 Å². The number of anilines is 2. The average Bonchev–Trinajstić information content (AvgIpc) is 3.08. The van der Waals surface area contributed by atoms with Gasteiger partial charge in [0, 0.05) is 18.0 Å². The lowest BCUT2D eigenvalue weighted by atomic mass is 10.1. The normalized spacial score (nSPS) is 12.2. The van der Waals surface area contributed by atoms with E-state index in [-0.39, 0.29) is 39.5 Å². The maximum atomic E-state index is 14.4. The number of Topliss-reactive ketones (excluding diaryl/α,β-unsaturated/α-hetero) is 1. The highest BCUT2D eigenvalue weighted by atomic mass is 32.2. The van der Waals surface area contributed by atoms with Crippen LogP contribution in [-0.4, -0.2) is 30.0 Å². The van der Waals surface area contributed by atoms with E-state index in [0.29, 0.717) is 5.69 Å². The molecule has 0 radical (unpaired) electrons. The Hall–Kier alpha value is -3.73. The highest BCUT2D eigenvalue weighted by molar-refractivity contribution is 7.90. The standard InChI is InChI=1S/C24H19F4N3O3S/c1-14(32)18-11-22-21(12-20(18)25)30-23(29-16-7-9-17(10-8-16)35(2,33)34)31(22)13-15-5-3-4-6-19(15)24(26,27)28/h3-12H,13H2,1-2H3,(H,29,30). The molecule has 4 aromatic rings. The van der Waals surface area contributed by atoms with E-state index in [4.69, 9.17) is 0 Å². The van der Waals surface area contributed by atoms with Crippen LogP contribution >= 0.6 is 0 Å². The lowest BCUT2D eigenvalue weighted by Gasteiger charge is -2.16. The number of fused-ring (bicyclic) bond motifs is 1. The second-order valence-corrected chi connectivity index (χ2v) is 9.99. The maximum absolute atomic E-state index is 14.4. The number of imidazole rings is 1. The van der Waals surface area contributed by atoms with Gasteiger partial charge in [-0.25, -0.2) is 17.8 Å². The van der Waals surface area contributed by atoms with Gasteiger partial charge in [0.25, 0.3) is 0 Å². The summed E-state index contributed by atoms with van der Waals surface area (Å²) in [7, 11) is -3.43. The summed E-state index contributed by atoms with van der Waals surface area (Å²) in [4.78, 5) is 16.3. The second kappa shape index (κ2) is 8.81. The number of ketones is 1. The first-order chi connectivity index (χ1) is 16.3. The second-order valence-electron chi connectivity index (χ2n) is 7.97. The van der Waals surface area contributed by atoms with Gasteiger partial charge >= 0.3 is 6.18 Å². The molecular weight excluding hydrogens is 486 g/mol. The molecule has 3 aromatic carbocycles. The minimum atomic E-state index is -4.60. The van der Waals surface area contributed by atoms with E-state index in [2.05, 4.69) is 10.3 Å². The number of hydrogen-bond donors (Lipinski definition) is 1. The van der Waals surface area contributed by atoms with Crippen LogP contribution in [0.25, 0.3) is 11.0 Å². The number of nitrogens with one attached hydrogen (secondary N) is 1. The van der Waals surface area contributed by atoms with Crippen LogP contribution in [0.4, 0.5) is 29.2 Å². The van der Waals surface area contributed by atoms with Gasteiger partial charge in [0.1, 0.15) is 5.82 Å². The Morgan fingerprint density at radius 3 is 2.31 bits per heavy atom. The van der Waals surface area contributed by atoms with Crippen molar-refractivity contribution in [3.63, 3.8) is 0 Å². The largest absolute Gasteiger partial charge is 0.416 e. The van der Waals surface area contributed by atoms with E-state index in [1.807, 2.05) is 0 Å². The summed E-state index contributed by atoms with van der Waals surface area (Å²) in [5.41, 5.74) is -0.309. The van der Waals surface area contributed by atoms with Crippen LogP contribution in [0, 0.1) is 5.82 Å². The smallest absolute Gasteiger partial charge is 0.326 e. The average molecular weight is 505 g/mol. The molecule has 0 fully saturated rings. The summed E-state index contributed by atoms with van der Waals surface area (Å²) >= 11 is 0. The molecule has 0 aliphatic heterocycles. The predicted octanol–water partition coefficient (Wildman–Crippen LogP) is 5.59. The number of aromatic nitrogens is 2. The zero-order valence-electron chi connectivity index (χ0n) is 18.5. The summed E-state index contributed by atoms with van der Waals surface area (Å²) in [5, 5.41) is 2.96. The van der Waals surface area contributed by atoms with Gasteiger partial charge in [-0.1, -0.05) is 18.2 Å². The van der Waals surface area contributed by atoms with Crippen molar-refractivity contribution in [3.8, 4) is 0 Å². The Labute approximate surface area is 198 Å². The van der Waals surface area contributed by atoms with Gasteiger partial charge in [0.15, 0.2) is 15.6 Å². The van der Waals surface area contributed by atoms with Gasteiger partial charge in [-0.3, -0.25) is 4.79 Å². The van der Waals surface area contributed by atoms with Crippen LogP contribution in [0.1, 0.15) is 28.4 Å². The molecule has 0 amide bonds. The number of carbonyl (C=O) groups is 1. The third-order valence-corrected chi connectivity index (χ3v) is 6.53. The number of halogens is 4. The van der Waals surface area contributed by atoms with E-state index < -0.39 is 33.2 Å². The number of hydrogen-bond acceptors (Lipinski definition) is 5. The molecular formula is C24H19F4N3O3S. The molecule has 11 heteroatoms. The summed E-state index contributed by atoms with van der Waals surface area (Å²) in [5.74, 6) is -1.25. The van der Waals surface area contributed by atoms with Crippen LogP contribution in [0.3, 0.4) is 0 Å². The molecule has 4 rings (SSSR count). The first-order valence-electron chi connectivity index (χ1n) is 10.3. The molecule has 0 aliphatic rings. The highest BCUT2D eigenvalue weighted by Gasteiger charge is 2.33. The molecule has 182 valence electrons. The quantitative estimate of drug-likeness (QED) is 0.273. The third kappa shape index (κ3) is 5.04. The Morgan fingerprint density at radius 1 is 1.06 bits per heavy atom. The van der Waals surface area contributed by atoms with Crippen molar-refractivity contribution >= 4 is 38.3 Å². The zero-order valence-corrected chi connectivity index (χ0v) is 19.3. The van der Waals surface area contributed by atoms with Crippen LogP contribution in [0.5, 0.6) is 0 Å².